The van der Waals surface area contributed by atoms with E-state index in [2.05, 4.69) is 22.4 Å². The number of rotatable bonds is 6. The van der Waals surface area contributed by atoms with E-state index in [0.717, 1.165) is 11.5 Å². The molecule has 0 bridgehead atoms. The van der Waals surface area contributed by atoms with Crippen LogP contribution in [-0.2, 0) is 24.4 Å². The predicted molar refractivity (Wildman–Crippen MR) is 111 cm³/mol. The first-order valence-corrected chi connectivity index (χ1v) is 7.86. The van der Waals surface area contributed by atoms with Crippen molar-refractivity contribution in [2.75, 3.05) is 21.2 Å². The van der Waals surface area contributed by atoms with Crippen LogP contribution in [0.5, 0.6) is 0 Å². The summed E-state index contributed by atoms with van der Waals surface area (Å²) in [6, 6.07) is 15.2. The van der Waals surface area contributed by atoms with E-state index in [0.29, 0.717) is 18.7 Å². The lowest BCUT2D eigenvalue weighted by Gasteiger charge is -2.18. The molecule has 0 spiro atoms. The van der Waals surface area contributed by atoms with E-state index in [1.807, 2.05) is 37.2 Å². The van der Waals surface area contributed by atoms with Gasteiger partial charge in [-0.2, -0.15) is 0 Å². The summed E-state index contributed by atoms with van der Waals surface area (Å²) in [4.78, 5) is 6.54. The molecule has 0 heterocycles. The van der Waals surface area contributed by atoms with Crippen LogP contribution in [0.25, 0.3) is 0 Å². The van der Waals surface area contributed by atoms with Crippen LogP contribution < -0.4 is 5.32 Å². The van der Waals surface area contributed by atoms with Gasteiger partial charge in [-0.15, -0.1) is 24.0 Å². The topological polar surface area (TPSA) is 36.9 Å². The minimum Gasteiger partial charge on any atom is -0.380 e. The van der Waals surface area contributed by atoms with Crippen molar-refractivity contribution in [3.63, 3.8) is 0 Å². The first-order valence-electron chi connectivity index (χ1n) is 7.86. The summed E-state index contributed by atoms with van der Waals surface area (Å²) in [5.41, 5.74) is 2.69. The molecule has 136 valence electrons. The number of aliphatic imine (C=N–C) groups is 1. The van der Waals surface area contributed by atoms with Gasteiger partial charge in [-0.3, -0.25) is 0 Å². The van der Waals surface area contributed by atoms with Gasteiger partial charge < -0.3 is 15.0 Å². The van der Waals surface area contributed by atoms with Gasteiger partial charge in [-0.1, -0.05) is 36.4 Å². The average Bonchev–Trinajstić information content (AvgIpc) is 2.58. The van der Waals surface area contributed by atoms with Gasteiger partial charge in [0.15, 0.2) is 5.96 Å². The SMILES string of the molecule is COCc1cc(CN=C(NCc2ccccc2)N(C)C)ccc1F.I. The molecule has 0 atom stereocenters. The van der Waals surface area contributed by atoms with Crippen LogP contribution in [0, 0.1) is 5.82 Å². The van der Waals surface area contributed by atoms with Crippen molar-refractivity contribution < 1.29 is 9.13 Å². The summed E-state index contributed by atoms with van der Waals surface area (Å²) in [5.74, 6) is 0.538. The summed E-state index contributed by atoms with van der Waals surface area (Å²) >= 11 is 0. The lowest BCUT2D eigenvalue weighted by atomic mass is 10.1. The zero-order chi connectivity index (χ0) is 17.4. The first-order chi connectivity index (χ1) is 11.6. The summed E-state index contributed by atoms with van der Waals surface area (Å²) in [5, 5.41) is 3.33. The van der Waals surface area contributed by atoms with Crippen LogP contribution in [0.15, 0.2) is 53.5 Å². The number of nitrogens with zero attached hydrogens (tertiary/aromatic N) is 2. The van der Waals surface area contributed by atoms with E-state index < -0.39 is 0 Å². The monoisotopic (exact) mass is 457 g/mol. The largest absolute Gasteiger partial charge is 0.380 e. The average molecular weight is 457 g/mol. The molecule has 0 radical (unpaired) electrons. The normalized spacial score (nSPS) is 11.0. The van der Waals surface area contributed by atoms with Crippen LogP contribution in [0.2, 0.25) is 0 Å². The Hall–Kier alpha value is -1.67. The summed E-state index contributed by atoms with van der Waals surface area (Å²) in [6.07, 6.45) is 0. The molecular weight excluding hydrogens is 432 g/mol. The molecule has 0 fully saturated rings. The molecule has 0 saturated carbocycles. The molecule has 25 heavy (non-hydrogen) atoms. The smallest absolute Gasteiger partial charge is 0.194 e. The fraction of sp³-hybridized carbons (Fsp3) is 0.316. The van der Waals surface area contributed by atoms with Gasteiger partial charge in [0.25, 0.3) is 0 Å². The van der Waals surface area contributed by atoms with Gasteiger partial charge in [0.2, 0.25) is 0 Å². The molecular formula is C19H25FIN3O. The van der Waals surface area contributed by atoms with Gasteiger partial charge in [0.1, 0.15) is 5.82 Å². The van der Waals surface area contributed by atoms with E-state index in [4.69, 9.17) is 4.74 Å². The quantitative estimate of drug-likeness (QED) is 0.408. The second-order valence-electron chi connectivity index (χ2n) is 5.73. The molecule has 1 N–H and O–H groups in total. The van der Waals surface area contributed by atoms with Crippen molar-refractivity contribution in [2.45, 2.75) is 19.7 Å². The number of halogens is 2. The zero-order valence-electron chi connectivity index (χ0n) is 14.8. The molecule has 0 saturated heterocycles. The third kappa shape index (κ3) is 6.99. The highest BCUT2D eigenvalue weighted by Crippen LogP contribution is 2.12. The van der Waals surface area contributed by atoms with Gasteiger partial charge in [0.05, 0.1) is 13.2 Å². The van der Waals surface area contributed by atoms with Crippen molar-refractivity contribution in [3.05, 3.63) is 71.0 Å². The van der Waals surface area contributed by atoms with Crippen LogP contribution in [-0.4, -0.2) is 32.1 Å². The molecule has 0 amide bonds. The van der Waals surface area contributed by atoms with Gasteiger partial charge >= 0.3 is 0 Å². The van der Waals surface area contributed by atoms with Crippen LogP contribution >= 0.6 is 24.0 Å². The second kappa shape index (κ2) is 11.0. The standard InChI is InChI=1S/C19H24FN3O.HI/c1-23(2)19(21-12-15-7-5-4-6-8-15)22-13-16-9-10-18(20)17(11-16)14-24-3;/h4-11H,12-14H2,1-3H3,(H,21,22);1H. The van der Waals surface area contributed by atoms with Crippen LogP contribution in [0.3, 0.4) is 0 Å². The molecule has 4 nitrogen and oxygen atoms in total. The number of nitrogens with one attached hydrogen (secondary N) is 1. The summed E-state index contributed by atoms with van der Waals surface area (Å²) in [7, 11) is 5.44. The summed E-state index contributed by atoms with van der Waals surface area (Å²) in [6.45, 7) is 1.44. The Morgan fingerprint density at radius 3 is 2.48 bits per heavy atom. The number of ether oxygens (including phenoxy) is 1. The van der Waals surface area contributed by atoms with Gasteiger partial charge in [-0.05, 0) is 23.3 Å². The Labute approximate surface area is 166 Å². The van der Waals surface area contributed by atoms with Gasteiger partial charge in [0, 0.05) is 33.3 Å². The van der Waals surface area contributed by atoms with E-state index in [1.54, 1.807) is 19.2 Å². The minimum atomic E-state index is -0.250. The minimum absolute atomic E-state index is 0. The van der Waals surface area contributed by atoms with E-state index in [-0.39, 0.29) is 36.4 Å². The van der Waals surface area contributed by atoms with Crippen molar-refractivity contribution >= 4 is 29.9 Å². The Morgan fingerprint density at radius 2 is 1.84 bits per heavy atom. The molecule has 0 aliphatic rings. The first kappa shape index (κ1) is 21.4. The maximum absolute atomic E-state index is 13.7. The number of guanidine groups is 1. The third-order valence-corrected chi connectivity index (χ3v) is 3.54. The van der Waals surface area contributed by atoms with Crippen molar-refractivity contribution in [1.29, 1.82) is 0 Å². The maximum atomic E-state index is 13.7. The zero-order valence-corrected chi connectivity index (χ0v) is 17.2. The van der Waals surface area contributed by atoms with E-state index in [9.17, 15) is 4.39 Å². The Kier molecular flexibility index (Phi) is 9.44. The molecule has 0 aliphatic heterocycles. The molecule has 2 aromatic rings. The van der Waals surface area contributed by atoms with Crippen molar-refractivity contribution in [2.24, 2.45) is 4.99 Å². The molecule has 6 heteroatoms. The molecule has 0 aliphatic carbocycles. The van der Waals surface area contributed by atoms with Crippen LogP contribution in [0.1, 0.15) is 16.7 Å². The Morgan fingerprint density at radius 1 is 1.12 bits per heavy atom. The van der Waals surface area contributed by atoms with E-state index >= 15 is 0 Å². The molecule has 2 rings (SSSR count). The number of hydrogen-bond donors (Lipinski definition) is 1. The predicted octanol–water partition coefficient (Wildman–Crippen LogP) is 3.80. The van der Waals surface area contributed by atoms with Crippen molar-refractivity contribution in [1.82, 2.24) is 10.2 Å². The lowest BCUT2D eigenvalue weighted by molar-refractivity contribution is 0.181. The highest BCUT2D eigenvalue weighted by molar-refractivity contribution is 14.0. The fourth-order valence-electron chi connectivity index (χ4n) is 2.29. The molecule has 0 aromatic heterocycles. The third-order valence-electron chi connectivity index (χ3n) is 3.54. The number of hydrogen-bond acceptors (Lipinski definition) is 2. The fourth-order valence-corrected chi connectivity index (χ4v) is 2.29. The van der Waals surface area contributed by atoms with Crippen LogP contribution in [0.4, 0.5) is 4.39 Å². The Bertz CT molecular complexity index is 678. The number of methoxy groups -OCH3 is 1. The number of benzene rings is 2. The molecule has 2 aromatic carbocycles. The maximum Gasteiger partial charge on any atom is 0.194 e. The highest BCUT2D eigenvalue weighted by Gasteiger charge is 2.05. The second-order valence-corrected chi connectivity index (χ2v) is 5.73. The van der Waals surface area contributed by atoms with Crippen molar-refractivity contribution in [3.8, 4) is 0 Å². The highest BCUT2D eigenvalue weighted by atomic mass is 127. The Balaban J connectivity index is 0.00000312. The molecule has 0 unspecified atom stereocenters. The van der Waals surface area contributed by atoms with E-state index in [1.165, 1.54) is 11.6 Å². The lowest BCUT2D eigenvalue weighted by Crippen LogP contribution is -2.36. The van der Waals surface area contributed by atoms with Gasteiger partial charge in [-0.25, -0.2) is 9.38 Å². The summed E-state index contributed by atoms with van der Waals surface area (Å²) < 4.78 is 18.7.